The number of carbonyl (C=O) groups is 2. The number of rotatable bonds is 5. The summed E-state index contributed by atoms with van der Waals surface area (Å²) in [4.78, 5) is 24.3. The van der Waals surface area contributed by atoms with E-state index >= 15 is 0 Å². The maximum absolute atomic E-state index is 11.9. The first-order valence-corrected chi connectivity index (χ1v) is 6.99. The number of hydrogen-bond acceptors (Lipinski definition) is 3. The first kappa shape index (κ1) is 15.3. The number of nitrogens with one attached hydrogen (secondary N) is 1. The van der Waals surface area contributed by atoms with Crippen LogP contribution in [0, 0.1) is 0 Å². The quantitative estimate of drug-likeness (QED) is 0.866. The monoisotopic (exact) mass is 292 g/mol. The van der Waals surface area contributed by atoms with Crippen LogP contribution in [-0.4, -0.2) is 48.3 Å². The van der Waals surface area contributed by atoms with E-state index in [0.717, 1.165) is 25.0 Å². The van der Waals surface area contributed by atoms with Gasteiger partial charge in [-0.15, -0.1) is 0 Å². The van der Waals surface area contributed by atoms with E-state index in [9.17, 15) is 9.59 Å². The summed E-state index contributed by atoms with van der Waals surface area (Å²) in [6, 6.07) is 6.29. The molecule has 1 saturated heterocycles. The molecule has 0 unspecified atom stereocenters. The molecule has 2 amide bonds. The predicted molar refractivity (Wildman–Crippen MR) is 77.2 cm³/mol. The van der Waals surface area contributed by atoms with Gasteiger partial charge in [0.05, 0.1) is 11.7 Å². The SMILES string of the molecule is CN(C[C@H]1CCCO1)C(=O)NCc1ccc(C(=O)O)cc1. The Morgan fingerprint density at radius 2 is 2.10 bits per heavy atom. The maximum atomic E-state index is 11.9. The summed E-state index contributed by atoms with van der Waals surface area (Å²) in [5, 5.41) is 11.6. The molecule has 0 bridgehead atoms. The van der Waals surface area contributed by atoms with Crippen molar-refractivity contribution in [3.63, 3.8) is 0 Å². The summed E-state index contributed by atoms with van der Waals surface area (Å²) in [6.07, 6.45) is 2.18. The first-order valence-electron chi connectivity index (χ1n) is 6.99. The summed E-state index contributed by atoms with van der Waals surface area (Å²) in [5.41, 5.74) is 1.10. The molecule has 2 rings (SSSR count). The van der Waals surface area contributed by atoms with Crippen molar-refractivity contribution < 1.29 is 19.4 Å². The Morgan fingerprint density at radius 3 is 2.67 bits per heavy atom. The Morgan fingerprint density at radius 1 is 1.38 bits per heavy atom. The molecule has 0 radical (unpaired) electrons. The van der Waals surface area contributed by atoms with Gasteiger partial charge in [-0.25, -0.2) is 9.59 Å². The number of aromatic carboxylic acids is 1. The molecule has 1 fully saturated rings. The number of ether oxygens (including phenoxy) is 1. The van der Waals surface area contributed by atoms with Crippen molar-refractivity contribution in [3.05, 3.63) is 35.4 Å². The second-order valence-corrected chi connectivity index (χ2v) is 5.18. The summed E-state index contributed by atoms with van der Waals surface area (Å²) in [7, 11) is 1.74. The van der Waals surface area contributed by atoms with Gasteiger partial charge in [0.25, 0.3) is 0 Å². The number of likely N-dealkylation sites (N-methyl/N-ethyl adjacent to an activating group) is 1. The van der Waals surface area contributed by atoms with Crippen LogP contribution >= 0.6 is 0 Å². The van der Waals surface area contributed by atoms with E-state index in [1.807, 2.05) is 0 Å². The molecule has 21 heavy (non-hydrogen) atoms. The van der Waals surface area contributed by atoms with E-state index in [4.69, 9.17) is 9.84 Å². The van der Waals surface area contributed by atoms with Crippen LogP contribution in [-0.2, 0) is 11.3 Å². The average molecular weight is 292 g/mol. The zero-order chi connectivity index (χ0) is 15.2. The minimum absolute atomic E-state index is 0.135. The van der Waals surface area contributed by atoms with Gasteiger partial charge in [0, 0.05) is 26.7 Å². The Bertz CT molecular complexity index is 495. The molecule has 114 valence electrons. The number of carboxylic acid groups (broad SMARTS) is 1. The highest BCUT2D eigenvalue weighted by Crippen LogP contribution is 2.12. The van der Waals surface area contributed by atoms with E-state index in [0.29, 0.717) is 13.1 Å². The molecule has 1 aromatic rings. The smallest absolute Gasteiger partial charge is 0.335 e. The van der Waals surface area contributed by atoms with Crippen LogP contribution < -0.4 is 5.32 Å². The molecule has 6 nitrogen and oxygen atoms in total. The minimum Gasteiger partial charge on any atom is -0.478 e. The van der Waals surface area contributed by atoms with Crippen LogP contribution in [0.2, 0.25) is 0 Å². The lowest BCUT2D eigenvalue weighted by molar-refractivity contribution is 0.0697. The molecule has 1 aliphatic heterocycles. The van der Waals surface area contributed by atoms with E-state index in [-0.39, 0.29) is 17.7 Å². The fourth-order valence-electron chi connectivity index (χ4n) is 2.25. The third-order valence-electron chi connectivity index (χ3n) is 3.49. The predicted octanol–water partition coefficient (Wildman–Crippen LogP) is 1.71. The van der Waals surface area contributed by atoms with Crippen molar-refractivity contribution in [3.8, 4) is 0 Å². The first-order chi connectivity index (χ1) is 10.1. The third kappa shape index (κ3) is 4.46. The van der Waals surface area contributed by atoms with Crippen molar-refractivity contribution in [1.82, 2.24) is 10.2 Å². The highest BCUT2D eigenvalue weighted by Gasteiger charge is 2.19. The van der Waals surface area contributed by atoms with Crippen molar-refractivity contribution in [2.75, 3.05) is 20.2 Å². The molecular formula is C15H20N2O4. The number of hydrogen-bond donors (Lipinski definition) is 2. The molecular weight excluding hydrogens is 272 g/mol. The van der Waals surface area contributed by atoms with Crippen LogP contribution in [0.15, 0.2) is 24.3 Å². The van der Waals surface area contributed by atoms with Gasteiger partial charge in [0.15, 0.2) is 0 Å². The second-order valence-electron chi connectivity index (χ2n) is 5.18. The molecule has 0 spiro atoms. The molecule has 1 heterocycles. The van der Waals surface area contributed by atoms with Crippen LogP contribution in [0.5, 0.6) is 0 Å². The van der Waals surface area contributed by atoms with Crippen molar-refractivity contribution in [2.24, 2.45) is 0 Å². The highest BCUT2D eigenvalue weighted by atomic mass is 16.5. The number of carbonyl (C=O) groups excluding carboxylic acids is 1. The maximum Gasteiger partial charge on any atom is 0.335 e. The van der Waals surface area contributed by atoms with Gasteiger partial charge >= 0.3 is 12.0 Å². The van der Waals surface area contributed by atoms with E-state index in [1.165, 1.54) is 12.1 Å². The van der Waals surface area contributed by atoms with Crippen molar-refractivity contribution in [1.29, 1.82) is 0 Å². The van der Waals surface area contributed by atoms with E-state index < -0.39 is 5.97 Å². The van der Waals surface area contributed by atoms with Crippen molar-refractivity contribution in [2.45, 2.75) is 25.5 Å². The lowest BCUT2D eigenvalue weighted by atomic mass is 10.1. The Kier molecular flexibility index (Phi) is 5.16. The third-order valence-corrected chi connectivity index (χ3v) is 3.49. The largest absolute Gasteiger partial charge is 0.478 e. The Hall–Kier alpha value is -2.08. The lowest BCUT2D eigenvalue weighted by Gasteiger charge is -2.21. The highest BCUT2D eigenvalue weighted by molar-refractivity contribution is 5.87. The second kappa shape index (κ2) is 7.08. The Labute approximate surface area is 123 Å². The van der Waals surface area contributed by atoms with Gasteiger partial charge in [-0.1, -0.05) is 12.1 Å². The van der Waals surface area contributed by atoms with Gasteiger partial charge in [-0.3, -0.25) is 0 Å². The van der Waals surface area contributed by atoms with Crippen LogP contribution in [0.4, 0.5) is 4.79 Å². The van der Waals surface area contributed by atoms with Gasteiger partial charge in [-0.2, -0.15) is 0 Å². The minimum atomic E-state index is -0.957. The number of urea groups is 1. The van der Waals surface area contributed by atoms with Gasteiger partial charge in [0.1, 0.15) is 0 Å². The van der Waals surface area contributed by atoms with Crippen LogP contribution in [0.3, 0.4) is 0 Å². The molecule has 1 aromatic carbocycles. The Balaban J connectivity index is 1.78. The molecule has 1 atom stereocenters. The summed E-state index contributed by atoms with van der Waals surface area (Å²) in [5.74, 6) is -0.957. The van der Waals surface area contributed by atoms with E-state index in [1.54, 1.807) is 24.1 Å². The molecule has 6 heteroatoms. The summed E-state index contributed by atoms with van der Waals surface area (Å²) < 4.78 is 5.49. The fraction of sp³-hybridized carbons (Fsp3) is 0.467. The van der Waals surface area contributed by atoms with Gasteiger partial charge in [0.2, 0.25) is 0 Å². The lowest BCUT2D eigenvalue weighted by Crippen LogP contribution is -2.40. The molecule has 0 aromatic heterocycles. The average Bonchev–Trinajstić information content (AvgIpc) is 2.98. The van der Waals surface area contributed by atoms with Crippen LogP contribution in [0.25, 0.3) is 0 Å². The summed E-state index contributed by atoms with van der Waals surface area (Å²) >= 11 is 0. The van der Waals surface area contributed by atoms with Crippen molar-refractivity contribution >= 4 is 12.0 Å². The van der Waals surface area contributed by atoms with Crippen LogP contribution in [0.1, 0.15) is 28.8 Å². The van der Waals surface area contributed by atoms with Gasteiger partial charge < -0.3 is 20.1 Å². The van der Waals surface area contributed by atoms with Gasteiger partial charge in [-0.05, 0) is 30.5 Å². The number of benzene rings is 1. The number of carboxylic acids is 1. The zero-order valence-electron chi connectivity index (χ0n) is 12.0. The number of nitrogens with zero attached hydrogens (tertiary/aromatic N) is 1. The number of amides is 2. The standard InChI is InChI=1S/C15H20N2O4/c1-17(10-13-3-2-8-21-13)15(20)16-9-11-4-6-12(7-5-11)14(18)19/h4-7,13H,2-3,8-10H2,1H3,(H,16,20)(H,18,19)/t13-/m1/s1. The van der Waals surface area contributed by atoms with E-state index in [2.05, 4.69) is 5.32 Å². The normalized spacial score (nSPS) is 17.5. The molecule has 1 aliphatic rings. The molecule has 0 aliphatic carbocycles. The summed E-state index contributed by atoms with van der Waals surface area (Å²) in [6.45, 7) is 1.73. The zero-order valence-corrected chi connectivity index (χ0v) is 12.0. The molecule has 2 N–H and O–H groups in total. The fourth-order valence-corrected chi connectivity index (χ4v) is 2.25. The molecule has 0 saturated carbocycles. The topological polar surface area (TPSA) is 78.9 Å².